The largest absolute Gasteiger partial charge is 0.508 e. The van der Waals surface area contributed by atoms with Crippen LogP contribution in [-0.4, -0.2) is 63.9 Å². The van der Waals surface area contributed by atoms with Crippen LogP contribution in [0.15, 0.2) is 36.9 Å². The number of aliphatic hydroxyl groups excluding tert-OH is 3. The number of carbonyl (C=O) groups excluding carboxylic acids is 1. The topological polar surface area (TPSA) is 126 Å². The van der Waals surface area contributed by atoms with Crippen molar-refractivity contribution < 1.29 is 39.4 Å². The van der Waals surface area contributed by atoms with Gasteiger partial charge in [0.25, 0.3) is 0 Å². The fourth-order valence-corrected chi connectivity index (χ4v) is 2.21. The summed E-state index contributed by atoms with van der Waals surface area (Å²) in [6.45, 7) is 3.68. The van der Waals surface area contributed by atoms with Crippen LogP contribution in [0.3, 0.4) is 0 Å². The Morgan fingerprint density at radius 2 is 2.04 bits per heavy atom. The smallest absolute Gasteiger partial charge is 0.340 e. The zero-order valence-corrected chi connectivity index (χ0v) is 12.8. The molecule has 0 radical (unpaired) electrons. The van der Waals surface area contributed by atoms with E-state index in [-0.39, 0.29) is 17.9 Å². The number of phenols is 1. The van der Waals surface area contributed by atoms with E-state index in [2.05, 4.69) is 6.58 Å². The van der Waals surface area contributed by atoms with Crippen LogP contribution in [0.1, 0.15) is 16.8 Å². The van der Waals surface area contributed by atoms with E-state index in [0.29, 0.717) is 6.42 Å². The number of carbonyl (C=O) groups is 1. The van der Waals surface area contributed by atoms with Crippen LogP contribution in [0.2, 0.25) is 0 Å². The third-order valence-corrected chi connectivity index (χ3v) is 3.46. The van der Waals surface area contributed by atoms with Crippen LogP contribution in [-0.2, 0) is 14.2 Å². The molecule has 8 nitrogen and oxygen atoms in total. The van der Waals surface area contributed by atoms with Gasteiger partial charge >= 0.3 is 5.97 Å². The van der Waals surface area contributed by atoms with Crippen molar-refractivity contribution in [2.45, 2.75) is 37.3 Å². The lowest BCUT2D eigenvalue weighted by Crippen LogP contribution is -2.59. The summed E-state index contributed by atoms with van der Waals surface area (Å²) < 4.78 is 15.2. The van der Waals surface area contributed by atoms with Crippen molar-refractivity contribution in [1.29, 1.82) is 0 Å². The number of phenolic OH excluding ortho intramolecular Hbond substituents is 1. The molecule has 1 aromatic carbocycles. The van der Waals surface area contributed by atoms with Crippen LogP contribution < -0.4 is 0 Å². The Hall–Kier alpha value is -1.97. The number of benzene rings is 1. The molecule has 0 bridgehead atoms. The van der Waals surface area contributed by atoms with Gasteiger partial charge in [0.1, 0.15) is 24.1 Å². The highest BCUT2D eigenvalue weighted by Gasteiger charge is 2.46. The first kappa shape index (κ1) is 18.4. The van der Waals surface area contributed by atoms with Gasteiger partial charge in [0.05, 0.1) is 12.2 Å². The summed E-state index contributed by atoms with van der Waals surface area (Å²) in [7, 11) is 0. The van der Waals surface area contributed by atoms with Crippen molar-refractivity contribution in [3.8, 4) is 5.75 Å². The highest BCUT2D eigenvalue weighted by Crippen LogP contribution is 2.24. The maximum absolute atomic E-state index is 12.0. The number of aliphatic hydroxyl groups is 3. The highest BCUT2D eigenvalue weighted by atomic mass is 16.8. The molecule has 1 unspecified atom stereocenters. The molecule has 1 saturated heterocycles. The van der Waals surface area contributed by atoms with Gasteiger partial charge in [-0.05, 0) is 24.6 Å². The number of rotatable bonds is 6. The Labute approximate surface area is 138 Å². The SMILES string of the molecule is C=CCCOC1[C@@H](O)[C@H](OC(=O)c2cccc(O)c2)O[C@H](O)[C@H]1O. The lowest BCUT2D eigenvalue weighted by atomic mass is 10.0. The van der Waals surface area contributed by atoms with Crippen LogP contribution in [0.5, 0.6) is 5.75 Å². The van der Waals surface area contributed by atoms with Gasteiger partial charge in [-0.1, -0.05) is 12.1 Å². The van der Waals surface area contributed by atoms with E-state index in [1.165, 1.54) is 24.3 Å². The van der Waals surface area contributed by atoms with Crippen LogP contribution in [0.25, 0.3) is 0 Å². The second kappa shape index (κ2) is 8.22. The third-order valence-electron chi connectivity index (χ3n) is 3.46. The van der Waals surface area contributed by atoms with Gasteiger partial charge in [-0.3, -0.25) is 0 Å². The van der Waals surface area contributed by atoms with Crippen LogP contribution in [0, 0.1) is 0 Å². The molecule has 0 aromatic heterocycles. The first-order valence-electron chi connectivity index (χ1n) is 7.36. The lowest BCUT2D eigenvalue weighted by molar-refractivity contribution is -0.332. The normalized spacial score (nSPS) is 29.9. The van der Waals surface area contributed by atoms with Gasteiger partial charge in [-0.2, -0.15) is 0 Å². The molecule has 4 N–H and O–H groups in total. The zero-order valence-electron chi connectivity index (χ0n) is 12.8. The zero-order chi connectivity index (χ0) is 17.7. The number of hydrogen-bond acceptors (Lipinski definition) is 8. The van der Waals surface area contributed by atoms with Crippen LogP contribution >= 0.6 is 0 Å². The summed E-state index contributed by atoms with van der Waals surface area (Å²) in [5.74, 6) is -1.00. The summed E-state index contributed by atoms with van der Waals surface area (Å²) in [5, 5.41) is 39.1. The molecule has 2 rings (SSSR count). The minimum Gasteiger partial charge on any atom is -0.508 e. The van der Waals surface area contributed by atoms with E-state index in [1.807, 2.05) is 0 Å². The molecule has 24 heavy (non-hydrogen) atoms. The predicted molar refractivity (Wildman–Crippen MR) is 81.0 cm³/mol. The Morgan fingerprint density at radius 1 is 1.29 bits per heavy atom. The molecule has 1 aromatic rings. The van der Waals surface area contributed by atoms with Crippen molar-refractivity contribution >= 4 is 5.97 Å². The van der Waals surface area contributed by atoms with Crippen LogP contribution in [0.4, 0.5) is 0 Å². The summed E-state index contributed by atoms with van der Waals surface area (Å²) >= 11 is 0. The van der Waals surface area contributed by atoms with Crippen molar-refractivity contribution in [2.24, 2.45) is 0 Å². The third kappa shape index (κ3) is 4.31. The molecule has 5 atom stereocenters. The quantitative estimate of drug-likeness (QED) is 0.321. The van der Waals surface area contributed by atoms with Gasteiger partial charge in [0.15, 0.2) is 6.29 Å². The molecule has 0 amide bonds. The first-order valence-corrected chi connectivity index (χ1v) is 7.36. The summed E-state index contributed by atoms with van der Waals surface area (Å²) in [5.41, 5.74) is 0.0375. The van der Waals surface area contributed by atoms with Crippen molar-refractivity contribution in [1.82, 2.24) is 0 Å². The maximum atomic E-state index is 12.0. The Morgan fingerprint density at radius 3 is 2.71 bits per heavy atom. The molecule has 1 fully saturated rings. The summed E-state index contributed by atoms with van der Waals surface area (Å²) in [6.07, 6.45) is -5.36. The van der Waals surface area contributed by atoms with Crippen molar-refractivity contribution in [2.75, 3.05) is 6.61 Å². The molecule has 8 heteroatoms. The molecule has 0 saturated carbocycles. The standard InChI is InChI=1S/C16H20O8/c1-2-3-7-22-13-11(18)15(21)24-16(12(13)19)23-14(20)9-5-4-6-10(17)8-9/h2,4-6,8,11-13,15-19,21H,1,3,7H2/t11-,12+,13?,15-,16+/m0/s1. The Kier molecular flexibility index (Phi) is 6.29. The van der Waals surface area contributed by atoms with Crippen molar-refractivity contribution in [3.05, 3.63) is 42.5 Å². The van der Waals surface area contributed by atoms with Gasteiger partial charge in [0.2, 0.25) is 6.29 Å². The molecule has 132 valence electrons. The number of esters is 1. The number of hydrogen-bond donors (Lipinski definition) is 4. The average molecular weight is 340 g/mol. The monoisotopic (exact) mass is 340 g/mol. The van der Waals surface area contributed by atoms with E-state index in [9.17, 15) is 25.2 Å². The second-order valence-corrected chi connectivity index (χ2v) is 5.24. The summed E-state index contributed by atoms with van der Waals surface area (Å²) in [6, 6.07) is 5.41. The molecule has 1 aliphatic rings. The minimum absolute atomic E-state index is 0.0375. The minimum atomic E-state index is -1.69. The molecule has 1 aliphatic heterocycles. The van der Waals surface area contributed by atoms with E-state index < -0.39 is 36.9 Å². The Bertz CT molecular complexity index is 575. The second-order valence-electron chi connectivity index (χ2n) is 5.24. The van der Waals surface area contributed by atoms with Gasteiger partial charge in [0, 0.05) is 0 Å². The fourth-order valence-electron chi connectivity index (χ4n) is 2.21. The highest BCUT2D eigenvalue weighted by molar-refractivity contribution is 5.89. The first-order chi connectivity index (χ1) is 11.4. The summed E-state index contributed by atoms with van der Waals surface area (Å²) in [4.78, 5) is 12.0. The molecular formula is C16H20O8. The Balaban J connectivity index is 2.05. The van der Waals surface area contributed by atoms with E-state index in [4.69, 9.17) is 14.2 Å². The molecular weight excluding hydrogens is 320 g/mol. The average Bonchev–Trinajstić information content (AvgIpc) is 2.55. The van der Waals surface area contributed by atoms with Gasteiger partial charge in [-0.15, -0.1) is 6.58 Å². The number of ether oxygens (including phenoxy) is 3. The fraction of sp³-hybridized carbons (Fsp3) is 0.438. The van der Waals surface area contributed by atoms with E-state index >= 15 is 0 Å². The van der Waals surface area contributed by atoms with E-state index in [0.717, 1.165) is 0 Å². The van der Waals surface area contributed by atoms with Crippen molar-refractivity contribution in [3.63, 3.8) is 0 Å². The molecule has 0 aliphatic carbocycles. The molecule has 0 spiro atoms. The number of aromatic hydroxyl groups is 1. The predicted octanol–water partition coefficient (Wildman–Crippen LogP) is -0.0932. The molecule has 1 heterocycles. The van der Waals surface area contributed by atoms with Gasteiger partial charge in [-0.25, -0.2) is 4.79 Å². The van der Waals surface area contributed by atoms with Gasteiger partial charge < -0.3 is 34.6 Å². The maximum Gasteiger partial charge on any atom is 0.340 e. The van der Waals surface area contributed by atoms with E-state index in [1.54, 1.807) is 6.08 Å². The lowest BCUT2D eigenvalue weighted by Gasteiger charge is -2.39.